The Bertz CT molecular complexity index is 582. The first-order chi connectivity index (χ1) is 11.4. The Kier molecular flexibility index (Phi) is 4.82. The SMILES string of the molecule is NC[C@H]1CC[C@@H](C(=O)N2CCC(c3ncc(C(F)(F)F)[nH]3)CC2)O1. The standard InChI is InChI=1S/C15H21F3N4O2/c16-15(17,18)12-8-20-13(21-12)9-3-5-22(6-4-9)14(23)11-2-1-10(7-19)24-11/h8-11H,1-7,19H2,(H,20,21)/t10-,11+/m1/s1. The molecular weight excluding hydrogens is 325 g/mol. The Hall–Kier alpha value is -1.61. The van der Waals surface area contributed by atoms with Crippen molar-refractivity contribution in [3.8, 4) is 0 Å². The number of hydrogen-bond acceptors (Lipinski definition) is 4. The maximum absolute atomic E-state index is 12.6. The number of aromatic amines is 1. The van der Waals surface area contributed by atoms with Gasteiger partial charge in [0, 0.05) is 25.6 Å². The van der Waals surface area contributed by atoms with E-state index in [1.54, 1.807) is 4.90 Å². The largest absolute Gasteiger partial charge is 0.432 e. The van der Waals surface area contributed by atoms with E-state index in [-0.39, 0.29) is 17.9 Å². The average molecular weight is 346 g/mol. The summed E-state index contributed by atoms with van der Waals surface area (Å²) in [4.78, 5) is 20.4. The van der Waals surface area contributed by atoms with Crippen LogP contribution >= 0.6 is 0 Å². The van der Waals surface area contributed by atoms with Gasteiger partial charge in [0.1, 0.15) is 17.6 Å². The van der Waals surface area contributed by atoms with E-state index in [9.17, 15) is 18.0 Å². The van der Waals surface area contributed by atoms with Gasteiger partial charge in [-0.15, -0.1) is 0 Å². The summed E-state index contributed by atoms with van der Waals surface area (Å²) < 4.78 is 43.5. The number of halogens is 3. The fourth-order valence-corrected chi connectivity index (χ4v) is 3.33. The number of likely N-dealkylation sites (tertiary alicyclic amines) is 1. The first kappa shape index (κ1) is 17.2. The summed E-state index contributed by atoms with van der Waals surface area (Å²) in [7, 11) is 0. The molecule has 3 rings (SSSR count). The Labute approximate surface area is 137 Å². The van der Waals surface area contributed by atoms with Gasteiger partial charge in [0.2, 0.25) is 0 Å². The molecule has 24 heavy (non-hydrogen) atoms. The number of amides is 1. The number of hydrogen-bond donors (Lipinski definition) is 2. The lowest BCUT2D eigenvalue weighted by Gasteiger charge is -2.32. The van der Waals surface area contributed by atoms with Crippen LogP contribution in [0.2, 0.25) is 0 Å². The van der Waals surface area contributed by atoms with Gasteiger partial charge >= 0.3 is 6.18 Å². The number of carbonyl (C=O) groups is 1. The molecule has 134 valence electrons. The zero-order chi connectivity index (χ0) is 17.3. The molecule has 0 bridgehead atoms. The Balaban J connectivity index is 1.54. The first-order valence-corrected chi connectivity index (χ1v) is 8.15. The van der Waals surface area contributed by atoms with E-state index in [0.29, 0.717) is 44.7 Å². The molecule has 9 heteroatoms. The van der Waals surface area contributed by atoms with E-state index in [1.807, 2.05) is 0 Å². The van der Waals surface area contributed by atoms with Crippen LogP contribution in [0.1, 0.15) is 43.1 Å². The predicted octanol–water partition coefficient (Wildman–Crippen LogP) is 1.64. The average Bonchev–Trinajstić information content (AvgIpc) is 3.23. The minimum absolute atomic E-state index is 0.0418. The van der Waals surface area contributed by atoms with Crippen LogP contribution in [0.4, 0.5) is 13.2 Å². The Morgan fingerprint density at radius 2 is 2.04 bits per heavy atom. The lowest BCUT2D eigenvalue weighted by molar-refractivity contribution is -0.143. The second kappa shape index (κ2) is 6.72. The molecule has 0 aromatic carbocycles. The highest BCUT2D eigenvalue weighted by atomic mass is 19.4. The summed E-state index contributed by atoms with van der Waals surface area (Å²) in [6.07, 6.45) is -1.44. The Morgan fingerprint density at radius 1 is 1.33 bits per heavy atom. The molecule has 3 heterocycles. The third kappa shape index (κ3) is 3.56. The van der Waals surface area contributed by atoms with Gasteiger partial charge in [0.15, 0.2) is 0 Å². The third-order valence-electron chi connectivity index (χ3n) is 4.74. The zero-order valence-corrected chi connectivity index (χ0v) is 13.2. The minimum atomic E-state index is -4.42. The number of ether oxygens (including phenoxy) is 1. The van der Waals surface area contributed by atoms with E-state index in [2.05, 4.69) is 9.97 Å². The minimum Gasteiger partial charge on any atom is -0.364 e. The molecule has 0 radical (unpaired) electrons. The molecule has 0 aliphatic carbocycles. The van der Waals surface area contributed by atoms with E-state index in [0.717, 1.165) is 12.6 Å². The van der Waals surface area contributed by atoms with E-state index >= 15 is 0 Å². The molecule has 2 saturated heterocycles. The lowest BCUT2D eigenvalue weighted by Crippen LogP contribution is -2.43. The molecule has 3 N–H and O–H groups in total. The second-order valence-corrected chi connectivity index (χ2v) is 6.34. The van der Waals surface area contributed by atoms with Gasteiger partial charge in [0.25, 0.3) is 5.91 Å². The fraction of sp³-hybridized carbons (Fsp3) is 0.733. The smallest absolute Gasteiger partial charge is 0.364 e. The van der Waals surface area contributed by atoms with Gasteiger partial charge in [-0.1, -0.05) is 0 Å². The molecule has 6 nitrogen and oxygen atoms in total. The topological polar surface area (TPSA) is 84.2 Å². The molecular formula is C15H21F3N4O2. The van der Waals surface area contributed by atoms with Crippen molar-refractivity contribution in [2.75, 3.05) is 19.6 Å². The van der Waals surface area contributed by atoms with Crippen LogP contribution in [-0.4, -0.2) is 52.6 Å². The van der Waals surface area contributed by atoms with Gasteiger partial charge in [-0.3, -0.25) is 4.79 Å². The highest BCUT2D eigenvalue weighted by Crippen LogP contribution is 2.32. The predicted molar refractivity (Wildman–Crippen MR) is 79.1 cm³/mol. The van der Waals surface area contributed by atoms with Crippen molar-refractivity contribution in [3.63, 3.8) is 0 Å². The number of piperidine rings is 1. The molecule has 2 fully saturated rings. The summed E-state index contributed by atoms with van der Waals surface area (Å²) >= 11 is 0. The molecule has 0 spiro atoms. The van der Waals surface area contributed by atoms with E-state index < -0.39 is 18.0 Å². The number of aromatic nitrogens is 2. The van der Waals surface area contributed by atoms with Crippen molar-refractivity contribution in [2.45, 2.75) is 50.0 Å². The molecule has 0 saturated carbocycles. The van der Waals surface area contributed by atoms with Crippen molar-refractivity contribution in [3.05, 3.63) is 17.7 Å². The van der Waals surface area contributed by atoms with E-state index in [4.69, 9.17) is 10.5 Å². The van der Waals surface area contributed by atoms with Crippen LogP contribution in [0.3, 0.4) is 0 Å². The number of carbonyl (C=O) groups excluding carboxylic acids is 1. The summed E-state index contributed by atoms with van der Waals surface area (Å²) in [6, 6.07) is 0. The van der Waals surface area contributed by atoms with Crippen LogP contribution < -0.4 is 5.73 Å². The monoisotopic (exact) mass is 346 g/mol. The van der Waals surface area contributed by atoms with E-state index in [1.165, 1.54) is 0 Å². The van der Waals surface area contributed by atoms with Crippen molar-refractivity contribution in [2.24, 2.45) is 5.73 Å². The summed E-state index contributed by atoms with van der Waals surface area (Å²) in [5.74, 6) is 0.209. The second-order valence-electron chi connectivity index (χ2n) is 6.34. The van der Waals surface area contributed by atoms with Crippen molar-refractivity contribution in [1.82, 2.24) is 14.9 Å². The highest BCUT2D eigenvalue weighted by Gasteiger charge is 2.36. The van der Waals surface area contributed by atoms with Crippen LogP contribution in [0.5, 0.6) is 0 Å². The normalized spacial score (nSPS) is 26.1. The molecule has 2 atom stereocenters. The van der Waals surface area contributed by atoms with Crippen LogP contribution in [0.25, 0.3) is 0 Å². The van der Waals surface area contributed by atoms with Crippen LogP contribution in [0.15, 0.2) is 6.20 Å². The number of nitrogens with zero attached hydrogens (tertiary/aromatic N) is 2. The van der Waals surface area contributed by atoms with Gasteiger partial charge < -0.3 is 20.4 Å². The maximum Gasteiger partial charge on any atom is 0.432 e. The van der Waals surface area contributed by atoms with Crippen molar-refractivity contribution in [1.29, 1.82) is 0 Å². The molecule has 2 aliphatic heterocycles. The quantitative estimate of drug-likeness (QED) is 0.871. The van der Waals surface area contributed by atoms with Gasteiger partial charge in [-0.25, -0.2) is 4.98 Å². The van der Waals surface area contributed by atoms with Crippen molar-refractivity contribution >= 4 is 5.91 Å². The summed E-state index contributed by atoms with van der Waals surface area (Å²) in [6.45, 7) is 1.41. The highest BCUT2D eigenvalue weighted by molar-refractivity contribution is 5.81. The van der Waals surface area contributed by atoms with Gasteiger partial charge in [-0.2, -0.15) is 13.2 Å². The molecule has 1 amide bonds. The number of H-pyrrole nitrogens is 1. The maximum atomic E-state index is 12.6. The summed E-state index contributed by atoms with van der Waals surface area (Å²) in [5, 5.41) is 0. The van der Waals surface area contributed by atoms with Crippen LogP contribution in [0, 0.1) is 0 Å². The zero-order valence-electron chi connectivity index (χ0n) is 13.2. The van der Waals surface area contributed by atoms with Gasteiger partial charge in [0.05, 0.1) is 12.3 Å². The molecule has 2 aliphatic rings. The third-order valence-corrected chi connectivity index (χ3v) is 4.74. The number of imidazole rings is 1. The molecule has 1 aromatic rings. The Morgan fingerprint density at radius 3 is 2.58 bits per heavy atom. The lowest BCUT2D eigenvalue weighted by atomic mass is 9.95. The number of alkyl halides is 3. The number of nitrogens with two attached hydrogens (primary N) is 1. The van der Waals surface area contributed by atoms with Crippen molar-refractivity contribution < 1.29 is 22.7 Å². The first-order valence-electron chi connectivity index (χ1n) is 8.15. The molecule has 0 unspecified atom stereocenters. The fourth-order valence-electron chi connectivity index (χ4n) is 3.33. The number of nitrogens with one attached hydrogen (secondary N) is 1. The number of rotatable bonds is 3. The summed E-state index contributed by atoms with van der Waals surface area (Å²) in [5.41, 5.74) is 4.72. The van der Waals surface area contributed by atoms with Crippen LogP contribution in [-0.2, 0) is 15.7 Å². The molecule has 1 aromatic heterocycles. The van der Waals surface area contributed by atoms with Gasteiger partial charge in [-0.05, 0) is 25.7 Å².